The molecule has 4 N–H and O–H groups in total. The summed E-state index contributed by atoms with van der Waals surface area (Å²) in [5.41, 5.74) is 6.61. The average molecular weight is 599 g/mol. The van der Waals surface area contributed by atoms with E-state index in [-0.39, 0.29) is 52.3 Å². The summed E-state index contributed by atoms with van der Waals surface area (Å²) in [7, 11) is 0. The Balaban J connectivity index is 1.25. The number of nitrogens with one attached hydrogen (secondary N) is 2. The van der Waals surface area contributed by atoms with Crippen LogP contribution in [0.4, 0.5) is 10.2 Å². The number of piperidine rings is 2. The van der Waals surface area contributed by atoms with Crippen LogP contribution in [0.15, 0.2) is 12.4 Å². The molecule has 3 saturated heterocycles. The molecule has 6 rings (SSSR count). The molecule has 0 bridgehead atoms. The molecule has 11 nitrogen and oxygen atoms in total. The predicted molar refractivity (Wildman–Crippen MR) is 161 cm³/mol. The summed E-state index contributed by atoms with van der Waals surface area (Å²) in [6.45, 7) is 5.11. The summed E-state index contributed by atoms with van der Waals surface area (Å²) >= 11 is 0. The Morgan fingerprint density at radius 2 is 1.77 bits per heavy atom. The molecule has 4 aliphatic rings. The van der Waals surface area contributed by atoms with E-state index in [1.807, 2.05) is 4.90 Å². The summed E-state index contributed by atoms with van der Waals surface area (Å²) in [5.74, 6) is -0.625. The van der Waals surface area contributed by atoms with Crippen molar-refractivity contribution in [1.29, 1.82) is 0 Å². The van der Waals surface area contributed by atoms with Gasteiger partial charge in [-0.05, 0) is 45.2 Å². The molecule has 43 heavy (non-hydrogen) atoms. The number of amides is 2. The van der Waals surface area contributed by atoms with Crippen molar-refractivity contribution in [3.63, 3.8) is 0 Å². The van der Waals surface area contributed by atoms with Crippen molar-refractivity contribution in [2.45, 2.75) is 89.1 Å². The smallest absolute Gasteiger partial charge is 0.259 e. The van der Waals surface area contributed by atoms with Gasteiger partial charge in [0.15, 0.2) is 17.3 Å². The number of nitrogens with zero attached hydrogens (tertiary/aromatic N) is 5. The third-order valence-corrected chi connectivity index (χ3v) is 10.3. The first kappa shape index (κ1) is 30.2. The highest BCUT2D eigenvalue weighted by Crippen LogP contribution is 2.43. The van der Waals surface area contributed by atoms with Crippen molar-refractivity contribution >= 4 is 23.3 Å². The third-order valence-electron chi connectivity index (χ3n) is 10.3. The first-order chi connectivity index (χ1) is 20.9. The second kappa shape index (κ2) is 13.4. The number of nitrogens with two attached hydrogens (primary N) is 1. The van der Waals surface area contributed by atoms with Crippen LogP contribution in [0.5, 0.6) is 0 Å². The summed E-state index contributed by atoms with van der Waals surface area (Å²) in [4.78, 5) is 35.7. The fourth-order valence-electron chi connectivity index (χ4n) is 8.17. The quantitative estimate of drug-likeness (QED) is 0.490. The van der Waals surface area contributed by atoms with E-state index < -0.39 is 5.82 Å². The van der Waals surface area contributed by atoms with Gasteiger partial charge < -0.3 is 26.0 Å². The van der Waals surface area contributed by atoms with Crippen molar-refractivity contribution in [3.05, 3.63) is 23.8 Å². The van der Waals surface area contributed by atoms with Gasteiger partial charge in [-0.2, -0.15) is 0 Å². The molecule has 0 radical (unpaired) electrons. The lowest BCUT2D eigenvalue weighted by Crippen LogP contribution is -2.69. The van der Waals surface area contributed by atoms with Crippen molar-refractivity contribution < 1.29 is 18.7 Å². The Morgan fingerprint density at radius 3 is 2.47 bits per heavy atom. The Kier molecular flexibility index (Phi) is 9.44. The number of carbonyl (C=O) groups is 2. The zero-order valence-corrected chi connectivity index (χ0v) is 25.2. The van der Waals surface area contributed by atoms with Crippen LogP contribution in [-0.4, -0.2) is 94.4 Å². The topological polar surface area (TPSA) is 130 Å². The molecular formula is C31H47FN8O3. The number of hydrogen-bond acceptors (Lipinski definition) is 8. The number of anilines is 1. The largest absolute Gasteiger partial charge is 0.381 e. The van der Waals surface area contributed by atoms with Crippen LogP contribution in [0.2, 0.25) is 0 Å². The molecule has 1 spiro atoms. The lowest BCUT2D eigenvalue weighted by molar-refractivity contribution is -0.147. The second-order valence-corrected chi connectivity index (χ2v) is 13.1. The molecule has 4 fully saturated rings. The highest BCUT2D eigenvalue weighted by Gasteiger charge is 2.49. The first-order valence-corrected chi connectivity index (χ1v) is 16.4. The van der Waals surface area contributed by atoms with E-state index in [1.54, 1.807) is 0 Å². The van der Waals surface area contributed by atoms with Gasteiger partial charge in [0.25, 0.3) is 5.91 Å². The second-order valence-electron chi connectivity index (χ2n) is 13.1. The molecule has 1 saturated carbocycles. The molecule has 236 valence electrons. The van der Waals surface area contributed by atoms with Crippen molar-refractivity contribution in [3.8, 4) is 0 Å². The van der Waals surface area contributed by atoms with Crippen molar-refractivity contribution in [2.75, 3.05) is 51.8 Å². The lowest BCUT2D eigenvalue weighted by atomic mass is 9.66. The Hall–Kier alpha value is -2.83. The Labute approximate surface area is 253 Å². The molecule has 2 aromatic heterocycles. The third kappa shape index (κ3) is 6.51. The van der Waals surface area contributed by atoms with E-state index >= 15 is 0 Å². The number of ether oxygens (including phenoxy) is 1. The summed E-state index contributed by atoms with van der Waals surface area (Å²) in [5, 5.41) is 11.2. The molecule has 1 aliphatic carbocycles. The monoisotopic (exact) mass is 598 g/mol. The van der Waals surface area contributed by atoms with Gasteiger partial charge in [-0.1, -0.05) is 44.9 Å². The maximum Gasteiger partial charge on any atom is 0.259 e. The maximum absolute atomic E-state index is 13.8. The highest BCUT2D eigenvalue weighted by atomic mass is 19.1. The summed E-state index contributed by atoms with van der Waals surface area (Å²) in [6, 6.07) is -0.0401. The van der Waals surface area contributed by atoms with E-state index in [0.29, 0.717) is 13.3 Å². The number of nitrogen functional groups attached to an aromatic ring is 1. The minimum absolute atomic E-state index is 0.0118. The number of hydrogen-bond donors (Lipinski definition) is 3. The lowest BCUT2D eigenvalue weighted by Gasteiger charge is -2.55. The van der Waals surface area contributed by atoms with Gasteiger partial charge in [-0.25, -0.2) is 13.9 Å². The molecule has 3 aliphatic heterocycles. The average Bonchev–Trinajstić information content (AvgIpc) is 3.35. The molecule has 0 aromatic carbocycles. The standard InChI is InChI=1S/C31H47FN8O3/c32-23-17-35-28-25(27(33)37-40(28)19-23)29(41)36-24-18-34-20-31(11-6-4-2-1-3-5-7-12-31)26(24)38-14-9-22(10-15-38)30(42)39-13-8-16-43-21-39/h17,19,22,24,26,34H,1-16,18,20-21H2,(H2,33,37)(H,36,41). The molecule has 2 atom stereocenters. The van der Waals surface area contributed by atoms with Crippen LogP contribution in [0.25, 0.3) is 5.65 Å². The molecule has 2 aromatic rings. The van der Waals surface area contributed by atoms with Crippen LogP contribution in [0.1, 0.15) is 87.4 Å². The molecule has 5 heterocycles. The number of rotatable bonds is 4. The number of halogens is 1. The zero-order valence-electron chi connectivity index (χ0n) is 25.2. The number of carbonyl (C=O) groups excluding carboxylic acids is 2. The van der Waals surface area contributed by atoms with E-state index in [0.717, 1.165) is 71.1 Å². The van der Waals surface area contributed by atoms with Crippen LogP contribution < -0.4 is 16.4 Å². The van der Waals surface area contributed by atoms with Crippen molar-refractivity contribution in [2.24, 2.45) is 11.3 Å². The summed E-state index contributed by atoms with van der Waals surface area (Å²) < 4.78 is 20.6. The van der Waals surface area contributed by atoms with E-state index in [9.17, 15) is 14.0 Å². The fraction of sp³-hybridized carbons (Fsp3) is 0.742. The van der Waals surface area contributed by atoms with Crippen LogP contribution in [0, 0.1) is 17.2 Å². The van der Waals surface area contributed by atoms with Crippen molar-refractivity contribution in [1.82, 2.24) is 35.0 Å². The normalized spacial score (nSPS) is 26.4. The van der Waals surface area contributed by atoms with Crippen LogP contribution in [-0.2, 0) is 9.53 Å². The van der Waals surface area contributed by atoms with E-state index in [1.165, 1.54) is 55.7 Å². The maximum atomic E-state index is 13.8. The molecular weight excluding hydrogens is 551 g/mol. The van der Waals surface area contributed by atoms with Crippen LogP contribution in [0.3, 0.4) is 0 Å². The van der Waals surface area contributed by atoms with Gasteiger partial charge in [0.05, 0.1) is 25.0 Å². The zero-order chi connectivity index (χ0) is 29.8. The first-order valence-electron chi connectivity index (χ1n) is 16.4. The predicted octanol–water partition coefficient (Wildman–Crippen LogP) is 2.95. The number of aromatic nitrogens is 3. The fourth-order valence-corrected chi connectivity index (χ4v) is 8.17. The minimum atomic E-state index is -0.550. The van der Waals surface area contributed by atoms with Gasteiger partial charge in [-0.15, -0.1) is 5.10 Å². The van der Waals surface area contributed by atoms with Gasteiger partial charge in [0.1, 0.15) is 12.3 Å². The Morgan fingerprint density at radius 1 is 1.05 bits per heavy atom. The SMILES string of the molecule is Nc1nn2cc(F)cnc2c1C(=O)NC1CNCC2(CCCCCCCCC2)C1N1CCC(C(=O)N2CCCOC2)CC1. The molecule has 2 unspecified atom stereocenters. The number of likely N-dealkylation sites (tertiary alicyclic amines) is 1. The van der Waals surface area contributed by atoms with Gasteiger partial charge >= 0.3 is 0 Å². The summed E-state index contributed by atoms with van der Waals surface area (Å²) in [6.07, 6.45) is 15.7. The van der Waals surface area contributed by atoms with E-state index in [4.69, 9.17) is 10.5 Å². The number of fused-ring (bicyclic) bond motifs is 1. The van der Waals surface area contributed by atoms with Gasteiger partial charge in [0.2, 0.25) is 5.91 Å². The van der Waals surface area contributed by atoms with E-state index in [2.05, 4.69) is 25.6 Å². The van der Waals surface area contributed by atoms with Crippen LogP contribution >= 0.6 is 0 Å². The molecule has 2 amide bonds. The van der Waals surface area contributed by atoms with Gasteiger partial charge in [-0.3, -0.25) is 14.5 Å². The van der Waals surface area contributed by atoms with Gasteiger partial charge in [0, 0.05) is 37.0 Å². The highest BCUT2D eigenvalue weighted by molar-refractivity contribution is 6.04. The Bertz CT molecular complexity index is 1260. The minimum Gasteiger partial charge on any atom is -0.381 e. The molecule has 12 heteroatoms.